The third-order valence-electron chi connectivity index (χ3n) is 3.05. The largest absolute Gasteiger partial charge is 0.338 e. The Morgan fingerprint density at radius 2 is 2.15 bits per heavy atom. The van der Waals surface area contributed by atoms with Gasteiger partial charge in [-0.15, -0.1) is 0 Å². The van der Waals surface area contributed by atoms with Crippen LogP contribution in [-0.2, 0) is 0 Å². The lowest BCUT2D eigenvalue weighted by molar-refractivity contribution is 0.137. The lowest BCUT2D eigenvalue weighted by atomic mass is 10.0. The zero-order valence-electron chi connectivity index (χ0n) is 11.0. The maximum Gasteiger partial charge on any atom is 0.317 e. The van der Waals surface area contributed by atoms with Crippen molar-refractivity contribution in [3.63, 3.8) is 0 Å². The normalized spacial score (nSPS) is 14.9. The van der Waals surface area contributed by atoms with Crippen LogP contribution in [0, 0.1) is 0 Å². The molecular weight excluding hydrogens is 260 g/mol. The number of hydrogen-bond donors (Lipinski definition) is 1. The summed E-state index contributed by atoms with van der Waals surface area (Å²) in [4.78, 5) is 25.7. The first-order valence-corrected chi connectivity index (χ1v) is 6.41. The minimum atomic E-state index is -0.0603. The van der Waals surface area contributed by atoms with Gasteiger partial charge in [0, 0.05) is 32.0 Å². The van der Waals surface area contributed by atoms with Crippen LogP contribution in [0.4, 0.5) is 4.79 Å². The van der Waals surface area contributed by atoms with E-state index in [0.717, 1.165) is 0 Å². The number of amides is 2. The molecule has 1 N–H and O–H groups in total. The van der Waals surface area contributed by atoms with Gasteiger partial charge in [-0.2, -0.15) is 4.98 Å². The topological polar surface area (TPSA) is 97.0 Å². The molecule has 1 aliphatic rings. The summed E-state index contributed by atoms with van der Waals surface area (Å²) in [6.45, 7) is 3.68. The first-order chi connectivity index (χ1) is 9.78. The number of carbonyl (C=O) groups is 1. The van der Waals surface area contributed by atoms with E-state index in [4.69, 9.17) is 4.52 Å². The van der Waals surface area contributed by atoms with Crippen molar-refractivity contribution in [3.8, 4) is 11.6 Å². The molecule has 0 bridgehead atoms. The Labute approximate surface area is 115 Å². The van der Waals surface area contributed by atoms with E-state index in [1.165, 1.54) is 0 Å². The zero-order chi connectivity index (χ0) is 13.9. The molecule has 104 valence electrons. The smallest absolute Gasteiger partial charge is 0.317 e. The van der Waals surface area contributed by atoms with E-state index < -0.39 is 0 Å². The van der Waals surface area contributed by atoms with Crippen molar-refractivity contribution in [3.05, 3.63) is 24.4 Å². The molecule has 2 amide bonds. The molecule has 1 saturated heterocycles. The first-order valence-electron chi connectivity index (χ1n) is 6.41. The molecule has 3 heterocycles. The number of likely N-dealkylation sites (tertiary alicyclic amines) is 1. The number of aromatic nitrogens is 4. The highest BCUT2D eigenvalue weighted by molar-refractivity contribution is 5.75. The van der Waals surface area contributed by atoms with Gasteiger partial charge in [0.1, 0.15) is 0 Å². The Morgan fingerprint density at radius 1 is 1.40 bits per heavy atom. The molecule has 8 nitrogen and oxygen atoms in total. The van der Waals surface area contributed by atoms with Crippen LogP contribution in [0.25, 0.3) is 11.6 Å². The zero-order valence-corrected chi connectivity index (χ0v) is 11.0. The molecule has 1 fully saturated rings. The Morgan fingerprint density at radius 3 is 2.85 bits per heavy atom. The van der Waals surface area contributed by atoms with Crippen LogP contribution in [0.3, 0.4) is 0 Å². The Hall–Kier alpha value is -2.51. The lowest BCUT2D eigenvalue weighted by Crippen LogP contribution is -2.52. The molecule has 0 atom stereocenters. The fraction of sp³-hybridized carbons (Fsp3) is 0.417. The van der Waals surface area contributed by atoms with Crippen molar-refractivity contribution < 1.29 is 9.32 Å². The molecule has 0 saturated carbocycles. The van der Waals surface area contributed by atoms with Crippen molar-refractivity contribution in [2.75, 3.05) is 19.6 Å². The molecule has 2 aromatic heterocycles. The van der Waals surface area contributed by atoms with Crippen molar-refractivity contribution in [1.29, 1.82) is 0 Å². The molecule has 0 aliphatic carbocycles. The molecule has 0 spiro atoms. The van der Waals surface area contributed by atoms with Crippen molar-refractivity contribution in [2.24, 2.45) is 0 Å². The average molecular weight is 274 g/mol. The van der Waals surface area contributed by atoms with Gasteiger partial charge in [0.25, 0.3) is 0 Å². The van der Waals surface area contributed by atoms with Gasteiger partial charge in [-0.1, -0.05) is 5.16 Å². The maximum atomic E-state index is 11.6. The molecule has 2 aromatic rings. The van der Waals surface area contributed by atoms with Gasteiger partial charge in [-0.3, -0.25) is 0 Å². The predicted octanol–water partition coefficient (Wildman–Crippen LogP) is 0.655. The van der Waals surface area contributed by atoms with Crippen LogP contribution in [0.2, 0.25) is 0 Å². The van der Waals surface area contributed by atoms with Gasteiger partial charge >= 0.3 is 6.03 Å². The SMILES string of the molecule is CCNC(=O)N1CC(c2nc(-c3ncccn3)no2)C1. The molecule has 0 radical (unpaired) electrons. The molecule has 0 unspecified atom stereocenters. The van der Waals surface area contributed by atoms with Gasteiger partial charge in [0.05, 0.1) is 5.92 Å². The summed E-state index contributed by atoms with van der Waals surface area (Å²) >= 11 is 0. The highest BCUT2D eigenvalue weighted by Crippen LogP contribution is 2.26. The predicted molar refractivity (Wildman–Crippen MR) is 68.7 cm³/mol. The number of rotatable bonds is 3. The van der Waals surface area contributed by atoms with Crippen LogP contribution < -0.4 is 5.32 Å². The summed E-state index contributed by atoms with van der Waals surface area (Å²) in [6, 6.07) is 1.66. The highest BCUT2D eigenvalue weighted by atomic mass is 16.5. The quantitative estimate of drug-likeness (QED) is 0.882. The Bertz CT molecular complexity index is 593. The minimum absolute atomic E-state index is 0.0603. The maximum absolute atomic E-state index is 11.6. The van der Waals surface area contributed by atoms with E-state index in [9.17, 15) is 4.79 Å². The van der Waals surface area contributed by atoms with E-state index >= 15 is 0 Å². The van der Waals surface area contributed by atoms with E-state index in [0.29, 0.717) is 37.2 Å². The van der Waals surface area contributed by atoms with Gasteiger partial charge in [-0.05, 0) is 13.0 Å². The number of nitrogens with one attached hydrogen (secondary N) is 1. The molecule has 0 aromatic carbocycles. The van der Waals surface area contributed by atoms with E-state index in [1.807, 2.05) is 6.92 Å². The number of nitrogens with zero attached hydrogens (tertiary/aromatic N) is 5. The van der Waals surface area contributed by atoms with Gasteiger partial charge in [0.2, 0.25) is 17.5 Å². The van der Waals surface area contributed by atoms with E-state index in [1.54, 1.807) is 23.4 Å². The summed E-state index contributed by atoms with van der Waals surface area (Å²) < 4.78 is 5.21. The number of urea groups is 1. The Kier molecular flexibility index (Phi) is 3.28. The standard InChI is InChI=1S/C12H14N6O2/c1-2-13-12(19)18-6-8(7-18)11-16-10(17-20-11)9-14-4-3-5-15-9/h3-5,8H,2,6-7H2,1H3,(H,13,19). The van der Waals surface area contributed by atoms with Crippen molar-refractivity contribution >= 4 is 6.03 Å². The lowest BCUT2D eigenvalue weighted by Gasteiger charge is -2.36. The molecule has 8 heteroatoms. The number of carbonyl (C=O) groups excluding carboxylic acids is 1. The molecule has 1 aliphatic heterocycles. The second kappa shape index (κ2) is 5.24. The van der Waals surface area contributed by atoms with Crippen LogP contribution in [0.1, 0.15) is 18.7 Å². The molecular formula is C12H14N6O2. The highest BCUT2D eigenvalue weighted by Gasteiger charge is 2.35. The summed E-state index contributed by atoms with van der Waals surface area (Å²) in [6.07, 6.45) is 3.25. The summed E-state index contributed by atoms with van der Waals surface area (Å²) in [5.41, 5.74) is 0. The monoisotopic (exact) mass is 274 g/mol. The third-order valence-corrected chi connectivity index (χ3v) is 3.05. The summed E-state index contributed by atoms with van der Waals surface area (Å²) in [5, 5.41) is 6.62. The second-order valence-corrected chi connectivity index (χ2v) is 4.47. The fourth-order valence-corrected chi connectivity index (χ4v) is 1.97. The third kappa shape index (κ3) is 2.31. The van der Waals surface area contributed by atoms with E-state index in [-0.39, 0.29) is 11.9 Å². The minimum Gasteiger partial charge on any atom is -0.338 e. The second-order valence-electron chi connectivity index (χ2n) is 4.47. The van der Waals surface area contributed by atoms with Gasteiger partial charge in [0.15, 0.2) is 0 Å². The number of hydrogen-bond acceptors (Lipinski definition) is 6. The van der Waals surface area contributed by atoms with Crippen molar-refractivity contribution in [1.82, 2.24) is 30.3 Å². The molecule has 3 rings (SSSR count). The molecule has 20 heavy (non-hydrogen) atoms. The van der Waals surface area contributed by atoms with Crippen LogP contribution in [0.5, 0.6) is 0 Å². The van der Waals surface area contributed by atoms with Crippen LogP contribution in [-0.4, -0.2) is 50.7 Å². The summed E-state index contributed by atoms with van der Waals surface area (Å²) in [5.74, 6) is 1.41. The van der Waals surface area contributed by atoms with Crippen LogP contribution in [0.15, 0.2) is 23.0 Å². The van der Waals surface area contributed by atoms with Crippen molar-refractivity contribution in [2.45, 2.75) is 12.8 Å². The summed E-state index contributed by atoms with van der Waals surface area (Å²) in [7, 11) is 0. The average Bonchev–Trinajstić information content (AvgIpc) is 2.88. The van der Waals surface area contributed by atoms with Crippen LogP contribution >= 0.6 is 0 Å². The van der Waals surface area contributed by atoms with E-state index in [2.05, 4.69) is 25.4 Å². The Balaban J connectivity index is 1.64. The first kappa shape index (κ1) is 12.5. The van der Waals surface area contributed by atoms with Gasteiger partial charge in [-0.25, -0.2) is 14.8 Å². The van der Waals surface area contributed by atoms with Gasteiger partial charge < -0.3 is 14.7 Å². The fourth-order valence-electron chi connectivity index (χ4n) is 1.97.